The highest BCUT2D eigenvalue weighted by Gasteiger charge is 2.54. The molecule has 0 radical (unpaired) electrons. The minimum atomic E-state index is -0.944. The Labute approximate surface area is 236 Å². The molecule has 1 saturated carbocycles. The molecule has 1 aliphatic heterocycles. The summed E-state index contributed by atoms with van der Waals surface area (Å²) in [6, 6.07) is 12.6. The molecule has 4 atom stereocenters. The summed E-state index contributed by atoms with van der Waals surface area (Å²) in [6.07, 6.45) is 3.31. The third-order valence-electron chi connectivity index (χ3n) is 8.85. The third-order valence-corrected chi connectivity index (χ3v) is 8.85. The normalized spacial score (nSPS) is 22.4. The Kier molecular flexibility index (Phi) is 6.54. The van der Waals surface area contributed by atoms with Crippen LogP contribution >= 0.6 is 0 Å². The van der Waals surface area contributed by atoms with Gasteiger partial charge in [-0.2, -0.15) is 10.5 Å². The van der Waals surface area contributed by atoms with Gasteiger partial charge in [0.25, 0.3) is 0 Å². The van der Waals surface area contributed by atoms with Crippen molar-refractivity contribution in [3.63, 3.8) is 0 Å². The first-order valence-corrected chi connectivity index (χ1v) is 13.8. The first-order chi connectivity index (χ1) is 19.7. The molecule has 210 valence electrons. The summed E-state index contributed by atoms with van der Waals surface area (Å²) in [6.45, 7) is 2.08. The van der Waals surface area contributed by atoms with Gasteiger partial charge in [0, 0.05) is 23.2 Å². The molecule has 0 spiro atoms. The van der Waals surface area contributed by atoms with Crippen LogP contribution in [0.25, 0.3) is 0 Å². The predicted molar refractivity (Wildman–Crippen MR) is 146 cm³/mol. The number of fused-ring (bicyclic) bond motifs is 3. The number of nitrogens with zero attached hydrogens (tertiary/aromatic N) is 5. The van der Waals surface area contributed by atoms with Gasteiger partial charge in [0.1, 0.15) is 6.04 Å². The van der Waals surface area contributed by atoms with Gasteiger partial charge in [0.15, 0.2) is 5.82 Å². The van der Waals surface area contributed by atoms with E-state index in [4.69, 9.17) is 11.5 Å². The Morgan fingerprint density at radius 3 is 2.27 bits per heavy atom. The third kappa shape index (κ3) is 4.52. The molecule has 1 unspecified atom stereocenters. The first kappa shape index (κ1) is 26.6. The van der Waals surface area contributed by atoms with Gasteiger partial charge in [0.2, 0.25) is 17.7 Å². The summed E-state index contributed by atoms with van der Waals surface area (Å²) in [5.74, 6) is -0.275. The molecule has 3 aromatic rings. The van der Waals surface area contributed by atoms with E-state index in [1.165, 1.54) is 0 Å². The number of nitriles is 1. The molecule has 6 rings (SSSR count). The lowest BCUT2D eigenvalue weighted by atomic mass is 9.67. The predicted octanol–water partition coefficient (Wildman–Crippen LogP) is 0.712. The molecule has 6 N–H and O–H groups in total. The number of aromatic nitrogens is 4. The van der Waals surface area contributed by atoms with E-state index in [-0.39, 0.29) is 30.6 Å². The molecule has 3 aliphatic rings. The molecule has 0 bridgehead atoms. The van der Waals surface area contributed by atoms with Crippen molar-refractivity contribution in [1.29, 1.82) is 5.26 Å². The molecule has 1 saturated heterocycles. The van der Waals surface area contributed by atoms with Crippen LogP contribution in [0, 0.1) is 17.2 Å². The second kappa shape index (κ2) is 10.1. The Hall–Kier alpha value is -4.63. The molecule has 41 heavy (non-hydrogen) atoms. The van der Waals surface area contributed by atoms with E-state index in [0.29, 0.717) is 42.1 Å². The molecule has 12 heteroatoms. The molecule has 2 aromatic carbocycles. The summed E-state index contributed by atoms with van der Waals surface area (Å²) in [7, 11) is 0. The molecular weight excluding hydrogens is 522 g/mol. The van der Waals surface area contributed by atoms with Gasteiger partial charge in [-0.25, -0.2) is 0 Å². The standard InChI is InChI=1S/C29H31N9O3/c1-15(33-14-25(39)38-21(13-30)10-20-11-24(20)38)12-29(28-34-36-37-35-28)22-6-4-18(26(31)40)8-16(22)2-3-17-9-19(27(32)41)5-7-23(17)29/h4-9,15,20-21,24,33H,2-3,10-12,14H2,1H3,(H2,31,40)(H2,32,41)(H,34,35,36,37)/t15-,20-,21?,24+/m1/s1. The Balaban J connectivity index is 1.40. The van der Waals surface area contributed by atoms with Crippen molar-refractivity contribution >= 4 is 17.7 Å². The number of aromatic amines is 1. The molecule has 12 nitrogen and oxygen atoms in total. The zero-order valence-corrected chi connectivity index (χ0v) is 22.6. The fourth-order valence-corrected chi connectivity index (χ4v) is 6.86. The average molecular weight is 554 g/mol. The highest BCUT2D eigenvalue weighted by atomic mass is 16.2. The van der Waals surface area contributed by atoms with Crippen LogP contribution < -0.4 is 16.8 Å². The molecule has 3 amide bonds. The number of benzene rings is 2. The van der Waals surface area contributed by atoms with Gasteiger partial charge >= 0.3 is 0 Å². The van der Waals surface area contributed by atoms with Gasteiger partial charge in [-0.15, -0.1) is 10.2 Å². The van der Waals surface area contributed by atoms with E-state index in [0.717, 1.165) is 35.1 Å². The highest BCUT2D eigenvalue weighted by molar-refractivity contribution is 5.94. The average Bonchev–Trinajstić information content (AvgIpc) is 3.35. The topological polar surface area (TPSA) is 197 Å². The number of primary amides is 2. The van der Waals surface area contributed by atoms with Crippen molar-refractivity contribution in [2.45, 2.75) is 62.6 Å². The van der Waals surface area contributed by atoms with Crippen LogP contribution in [-0.4, -0.2) is 67.9 Å². The van der Waals surface area contributed by atoms with Crippen molar-refractivity contribution in [2.24, 2.45) is 17.4 Å². The fourth-order valence-electron chi connectivity index (χ4n) is 6.86. The SMILES string of the molecule is C[C@H](CC1(c2nn[nH]n2)c2ccc(C(N)=O)cc2CCc2cc(C(N)=O)ccc21)NCC(=O)N1C(C#N)C[C@@H]2C[C@@H]21. The lowest BCUT2D eigenvalue weighted by molar-refractivity contribution is -0.131. The van der Waals surface area contributed by atoms with Crippen molar-refractivity contribution in [2.75, 3.05) is 6.54 Å². The van der Waals surface area contributed by atoms with E-state index in [1.807, 2.05) is 19.1 Å². The second-order valence-corrected chi connectivity index (χ2v) is 11.3. The molecule has 2 heterocycles. The zero-order valence-electron chi connectivity index (χ0n) is 22.6. The van der Waals surface area contributed by atoms with Gasteiger partial charge < -0.3 is 21.7 Å². The molecule has 1 aromatic heterocycles. The minimum Gasteiger partial charge on any atom is -0.366 e. The number of hydrogen-bond acceptors (Lipinski definition) is 8. The number of aryl methyl sites for hydroxylation is 2. The second-order valence-electron chi connectivity index (χ2n) is 11.3. The van der Waals surface area contributed by atoms with Gasteiger partial charge in [0.05, 0.1) is 18.0 Å². The van der Waals surface area contributed by atoms with Crippen LogP contribution in [-0.2, 0) is 23.1 Å². The number of likely N-dealkylation sites (tertiary alicyclic amines) is 1. The summed E-state index contributed by atoms with van der Waals surface area (Å²) in [4.78, 5) is 39.1. The van der Waals surface area contributed by atoms with Gasteiger partial charge in [-0.3, -0.25) is 14.4 Å². The number of piperidine rings is 1. The van der Waals surface area contributed by atoms with Crippen LogP contribution in [0.1, 0.15) is 75.0 Å². The van der Waals surface area contributed by atoms with Crippen LogP contribution in [0.3, 0.4) is 0 Å². The number of carbonyl (C=O) groups excluding carboxylic acids is 3. The van der Waals surface area contributed by atoms with Gasteiger partial charge in [-0.05, 0) is 91.5 Å². The first-order valence-electron chi connectivity index (χ1n) is 13.8. The van der Waals surface area contributed by atoms with Crippen molar-refractivity contribution in [1.82, 2.24) is 30.8 Å². The minimum absolute atomic E-state index is 0.0825. The van der Waals surface area contributed by atoms with Crippen molar-refractivity contribution in [3.05, 3.63) is 75.6 Å². The van der Waals surface area contributed by atoms with E-state index in [9.17, 15) is 19.6 Å². The summed E-state index contributed by atoms with van der Waals surface area (Å²) in [5, 5.41) is 28.3. The number of nitrogens with one attached hydrogen (secondary N) is 2. The van der Waals surface area contributed by atoms with Crippen molar-refractivity contribution in [3.8, 4) is 6.07 Å². The number of rotatable bonds is 8. The number of H-pyrrole nitrogens is 1. The Morgan fingerprint density at radius 2 is 1.73 bits per heavy atom. The van der Waals surface area contributed by atoms with Gasteiger partial charge in [-0.1, -0.05) is 17.3 Å². The Bertz CT molecular complexity index is 1510. The zero-order chi connectivity index (χ0) is 28.9. The van der Waals surface area contributed by atoms with Crippen LogP contribution in [0.5, 0.6) is 0 Å². The van der Waals surface area contributed by atoms with Crippen LogP contribution in [0.15, 0.2) is 36.4 Å². The highest BCUT2D eigenvalue weighted by Crippen LogP contribution is 2.48. The molecule has 2 aliphatic carbocycles. The number of tetrazole rings is 1. The maximum Gasteiger partial charge on any atom is 0.248 e. The molecular formula is C29H31N9O3. The smallest absolute Gasteiger partial charge is 0.248 e. The van der Waals surface area contributed by atoms with E-state index in [1.54, 1.807) is 29.2 Å². The van der Waals surface area contributed by atoms with Crippen LogP contribution in [0.2, 0.25) is 0 Å². The number of hydrogen-bond donors (Lipinski definition) is 4. The summed E-state index contributed by atoms with van der Waals surface area (Å²) in [5.41, 5.74) is 14.7. The van der Waals surface area contributed by atoms with E-state index < -0.39 is 17.2 Å². The maximum absolute atomic E-state index is 13.2. The number of nitrogens with two attached hydrogens (primary N) is 2. The lowest BCUT2D eigenvalue weighted by Gasteiger charge is -2.36. The number of amides is 3. The maximum atomic E-state index is 13.2. The van der Waals surface area contributed by atoms with Crippen LogP contribution in [0.4, 0.5) is 0 Å². The monoisotopic (exact) mass is 553 g/mol. The van der Waals surface area contributed by atoms with E-state index >= 15 is 0 Å². The quantitative estimate of drug-likeness (QED) is 0.313. The molecule has 2 fully saturated rings. The summed E-state index contributed by atoms with van der Waals surface area (Å²) >= 11 is 0. The van der Waals surface area contributed by atoms with E-state index in [2.05, 4.69) is 32.0 Å². The largest absolute Gasteiger partial charge is 0.366 e. The summed E-state index contributed by atoms with van der Waals surface area (Å²) < 4.78 is 0. The number of carbonyl (C=O) groups is 3. The Morgan fingerprint density at radius 1 is 1.10 bits per heavy atom. The lowest BCUT2D eigenvalue weighted by Crippen LogP contribution is -2.46. The van der Waals surface area contributed by atoms with Crippen molar-refractivity contribution < 1.29 is 14.4 Å². The fraction of sp³-hybridized carbons (Fsp3) is 0.414.